The molecule has 2 aromatic heterocycles. The Morgan fingerprint density at radius 2 is 2.00 bits per heavy atom. The van der Waals surface area contributed by atoms with Crippen LogP contribution in [-0.4, -0.2) is 46.0 Å². The fourth-order valence-corrected chi connectivity index (χ4v) is 4.84. The Bertz CT molecular complexity index is 1310. The van der Waals surface area contributed by atoms with Gasteiger partial charge in [-0.05, 0) is 61.1 Å². The van der Waals surface area contributed by atoms with Crippen molar-refractivity contribution in [3.63, 3.8) is 0 Å². The van der Waals surface area contributed by atoms with Crippen LogP contribution in [0.2, 0.25) is 0 Å². The number of hydrogen-bond donors (Lipinski definition) is 4. The fraction of sp³-hybridized carbons (Fsp3) is 0.250. The highest BCUT2D eigenvalue weighted by Crippen LogP contribution is 2.33. The van der Waals surface area contributed by atoms with Gasteiger partial charge in [-0.1, -0.05) is 36.4 Å². The van der Waals surface area contributed by atoms with Crippen molar-refractivity contribution in [3.05, 3.63) is 83.4 Å². The van der Waals surface area contributed by atoms with E-state index in [2.05, 4.69) is 30.2 Å². The van der Waals surface area contributed by atoms with Crippen molar-refractivity contribution >= 4 is 34.3 Å². The van der Waals surface area contributed by atoms with E-state index in [-0.39, 0.29) is 12.1 Å². The van der Waals surface area contributed by atoms with Crippen LogP contribution in [-0.2, 0) is 11.2 Å². The standard InChI is InChI=1S/C28H30N2O4S/c1-28(2,15-20-16-29-27-19(12-13-26(32)33)7-5-9-22(20)27)30-17-21(31)18-34-24-10-4-3-8-23(24)25-11-6-14-35-25/h3-14,16,21,29-31H,15,17-18H2,1-2H3,(H,32,33)/t21-/m0/s1. The van der Waals surface area contributed by atoms with E-state index in [4.69, 9.17) is 9.84 Å². The number of aliphatic hydroxyl groups excluding tert-OH is 1. The Labute approximate surface area is 208 Å². The van der Waals surface area contributed by atoms with E-state index >= 15 is 0 Å². The van der Waals surface area contributed by atoms with Gasteiger partial charge in [0.25, 0.3) is 0 Å². The summed E-state index contributed by atoms with van der Waals surface area (Å²) in [6.45, 7) is 4.78. The summed E-state index contributed by atoms with van der Waals surface area (Å²) in [5.74, 6) is -0.212. The van der Waals surface area contributed by atoms with E-state index in [1.54, 1.807) is 17.4 Å². The number of para-hydroxylation sites is 2. The number of rotatable bonds is 11. The smallest absolute Gasteiger partial charge is 0.328 e. The maximum absolute atomic E-state index is 10.9. The van der Waals surface area contributed by atoms with Crippen LogP contribution in [0.4, 0.5) is 0 Å². The van der Waals surface area contributed by atoms with Gasteiger partial charge in [-0.15, -0.1) is 11.3 Å². The second kappa shape index (κ2) is 10.9. The van der Waals surface area contributed by atoms with E-state index in [1.807, 2.05) is 60.1 Å². The third-order valence-electron chi connectivity index (χ3n) is 5.79. The molecule has 182 valence electrons. The van der Waals surface area contributed by atoms with E-state index in [1.165, 1.54) is 0 Å². The number of carboxylic acid groups (broad SMARTS) is 1. The van der Waals surface area contributed by atoms with Gasteiger partial charge in [0.05, 0.1) is 5.52 Å². The number of carboxylic acids is 1. The van der Waals surface area contributed by atoms with Crippen LogP contribution >= 0.6 is 11.3 Å². The summed E-state index contributed by atoms with van der Waals surface area (Å²) in [5.41, 5.74) is 3.61. The van der Waals surface area contributed by atoms with Crippen molar-refractivity contribution < 1.29 is 19.7 Å². The molecule has 35 heavy (non-hydrogen) atoms. The van der Waals surface area contributed by atoms with Crippen molar-refractivity contribution in [2.45, 2.75) is 31.9 Å². The van der Waals surface area contributed by atoms with Gasteiger partial charge in [0.15, 0.2) is 0 Å². The SMILES string of the molecule is CC(C)(Cc1c[nH]c2c(C=CC(=O)O)cccc12)NC[C@H](O)COc1ccccc1-c1cccs1. The van der Waals surface area contributed by atoms with E-state index in [0.29, 0.717) is 6.54 Å². The van der Waals surface area contributed by atoms with Crippen LogP contribution in [0, 0.1) is 0 Å². The summed E-state index contributed by atoms with van der Waals surface area (Å²) in [5, 5.41) is 26.1. The fourth-order valence-electron chi connectivity index (χ4n) is 4.09. The Morgan fingerprint density at radius 1 is 1.17 bits per heavy atom. The molecule has 4 aromatic rings. The van der Waals surface area contributed by atoms with Gasteiger partial charge < -0.3 is 25.3 Å². The number of aromatic amines is 1. The average Bonchev–Trinajstić information content (AvgIpc) is 3.51. The predicted molar refractivity (Wildman–Crippen MR) is 142 cm³/mol. The zero-order valence-electron chi connectivity index (χ0n) is 19.8. The Hall–Kier alpha value is -3.39. The van der Waals surface area contributed by atoms with Gasteiger partial charge in [0.1, 0.15) is 18.5 Å². The third kappa shape index (κ3) is 6.39. The molecule has 4 rings (SSSR count). The minimum atomic E-state index is -0.975. The Morgan fingerprint density at radius 3 is 2.77 bits per heavy atom. The number of aliphatic carboxylic acids is 1. The van der Waals surface area contributed by atoms with Crippen LogP contribution in [0.5, 0.6) is 5.75 Å². The van der Waals surface area contributed by atoms with Crippen molar-refractivity contribution in [1.29, 1.82) is 0 Å². The first-order valence-electron chi connectivity index (χ1n) is 11.5. The molecule has 0 aliphatic rings. The highest BCUT2D eigenvalue weighted by Gasteiger charge is 2.22. The van der Waals surface area contributed by atoms with Gasteiger partial charge in [-0.3, -0.25) is 0 Å². The van der Waals surface area contributed by atoms with Gasteiger partial charge in [-0.2, -0.15) is 0 Å². The lowest BCUT2D eigenvalue weighted by Crippen LogP contribution is -2.46. The second-order valence-electron chi connectivity index (χ2n) is 9.14. The Kier molecular flexibility index (Phi) is 7.70. The molecule has 0 saturated carbocycles. The van der Waals surface area contributed by atoms with Crippen molar-refractivity contribution in [2.75, 3.05) is 13.2 Å². The predicted octanol–water partition coefficient (Wildman–Crippen LogP) is 5.34. The van der Waals surface area contributed by atoms with Gasteiger partial charge >= 0.3 is 5.97 Å². The number of fused-ring (bicyclic) bond motifs is 1. The Balaban J connectivity index is 1.35. The number of nitrogens with one attached hydrogen (secondary N) is 2. The number of β-amino-alcohol motifs (C(OH)–C–C–N with tert-alkyl or cyclic N) is 1. The molecule has 2 aromatic carbocycles. The monoisotopic (exact) mass is 490 g/mol. The minimum absolute atomic E-state index is 0.192. The largest absolute Gasteiger partial charge is 0.490 e. The molecule has 1 atom stereocenters. The number of ether oxygens (including phenoxy) is 1. The van der Waals surface area contributed by atoms with Crippen LogP contribution < -0.4 is 10.1 Å². The number of H-pyrrole nitrogens is 1. The van der Waals surface area contributed by atoms with Crippen LogP contribution in [0.15, 0.2) is 72.3 Å². The van der Waals surface area contributed by atoms with Crippen LogP contribution in [0.3, 0.4) is 0 Å². The maximum atomic E-state index is 10.9. The highest BCUT2D eigenvalue weighted by molar-refractivity contribution is 7.13. The van der Waals surface area contributed by atoms with Crippen LogP contribution in [0.1, 0.15) is 25.0 Å². The van der Waals surface area contributed by atoms with E-state index in [9.17, 15) is 9.90 Å². The lowest BCUT2D eigenvalue weighted by molar-refractivity contribution is -0.131. The summed E-state index contributed by atoms with van der Waals surface area (Å²) in [6.07, 6.45) is 4.77. The number of benzene rings is 2. The first-order valence-corrected chi connectivity index (χ1v) is 12.4. The molecule has 0 bridgehead atoms. The van der Waals surface area contributed by atoms with Gasteiger partial charge in [0.2, 0.25) is 0 Å². The summed E-state index contributed by atoms with van der Waals surface area (Å²) < 4.78 is 5.97. The molecule has 6 nitrogen and oxygen atoms in total. The zero-order valence-corrected chi connectivity index (χ0v) is 20.6. The van der Waals surface area contributed by atoms with Gasteiger partial charge in [-0.25, -0.2) is 4.79 Å². The first-order chi connectivity index (χ1) is 16.8. The van der Waals surface area contributed by atoms with Crippen molar-refractivity contribution in [3.8, 4) is 16.2 Å². The number of carbonyl (C=O) groups is 1. The number of hydrogen-bond acceptors (Lipinski definition) is 5. The molecule has 0 aliphatic heterocycles. The molecule has 0 unspecified atom stereocenters. The number of aromatic nitrogens is 1. The first kappa shape index (κ1) is 24.7. The molecule has 0 amide bonds. The molecule has 0 aliphatic carbocycles. The molecule has 0 saturated heterocycles. The number of aliphatic hydroxyl groups is 1. The molecular formula is C28H30N2O4S. The molecular weight excluding hydrogens is 460 g/mol. The molecule has 0 spiro atoms. The minimum Gasteiger partial charge on any atom is -0.490 e. The quantitative estimate of drug-likeness (QED) is 0.213. The molecule has 7 heteroatoms. The summed E-state index contributed by atoms with van der Waals surface area (Å²) in [6, 6.07) is 17.8. The second-order valence-corrected chi connectivity index (χ2v) is 10.1. The van der Waals surface area contributed by atoms with Crippen LogP contribution in [0.25, 0.3) is 27.4 Å². The molecule has 2 heterocycles. The summed E-state index contributed by atoms with van der Waals surface area (Å²) >= 11 is 1.66. The molecule has 0 fully saturated rings. The molecule has 4 N–H and O–H groups in total. The lowest BCUT2D eigenvalue weighted by Gasteiger charge is -2.28. The summed E-state index contributed by atoms with van der Waals surface area (Å²) in [4.78, 5) is 15.3. The van der Waals surface area contributed by atoms with E-state index < -0.39 is 12.1 Å². The third-order valence-corrected chi connectivity index (χ3v) is 6.70. The summed E-state index contributed by atoms with van der Waals surface area (Å²) in [7, 11) is 0. The zero-order chi connectivity index (χ0) is 24.8. The highest BCUT2D eigenvalue weighted by atomic mass is 32.1. The normalized spacial score (nSPS) is 12.9. The number of thiophene rings is 1. The van der Waals surface area contributed by atoms with Gasteiger partial charge in [0, 0.05) is 40.2 Å². The average molecular weight is 491 g/mol. The van der Waals surface area contributed by atoms with E-state index in [0.717, 1.165) is 50.7 Å². The van der Waals surface area contributed by atoms with Crippen molar-refractivity contribution in [1.82, 2.24) is 10.3 Å². The molecule has 0 radical (unpaired) electrons. The maximum Gasteiger partial charge on any atom is 0.328 e. The van der Waals surface area contributed by atoms with Crippen molar-refractivity contribution in [2.24, 2.45) is 0 Å². The topological polar surface area (TPSA) is 94.6 Å². The lowest BCUT2D eigenvalue weighted by atomic mass is 9.94.